The van der Waals surface area contributed by atoms with Crippen molar-refractivity contribution in [2.75, 3.05) is 36.4 Å². The van der Waals surface area contributed by atoms with Crippen molar-refractivity contribution in [2.24, 2.45) is 0 Å². The van der Waals surface area contributed by atoms with Crippen LogP contribution in [0.2, 0.25) is 0 Å². The van der Waals surface area contributed by atoms with Crippen LogP contribution < -0.4 is 15.8 Å². The predicted molar refractivity (Wildman–Crippen MR) is 112 cm³/mol. The van der Waals surface area contributed by atoms with E-state index in [1.165, 1.54) is 16.9 Å². The van der Waals surface area contributed by atoms with Crippen molar-refractivity contribution in [2.45, 2.75) is 13.5 Å². The molecule has 0 aliphatic carbocycles. The third kappa shape index (κ3) is 4.59. The van der Waals surface area contributed by atoms with E-state index in [1.807, 2.05) is 37.3 Å². The molecule has 4 heterocycles. The average Bonchev–Trinajstić information content (AvgIpc) is 2.76. The van der Waals surface area contributed by atoms with Gasteiger partial charge in [-0.05, 0) is 37.3 Å². The third-order valence-electron chi connectivity index (χ3n) is 4.82. The maximum absolute atomic E-state index is 12.5. The highest BCUT2D eigenvalue weighted by molar-refractivity contribution is 5.76. The minimum atomic E-state index is -0.283. The predicted octanol–water partition coefficient (Wildman–Crippen LogP) is 0.829. The highest BCUT2D eigenvalue weighted by Crippen LogP contribution is 2.17. The van der Waals surface area contributed by atoms with E-state index in [4.69, 9.17) is 0 Å². The number of nitrogens with zero attached hydrogens (tertiary/aromatic N) is 7. The number of aromatic nitrogens is 5. The van der Waals surface area contributed by atoms with Crippen LogP contribution in [-0.2, 0) is 11.3 Å². The van der Waals surface area contributed by atoms with Gasteiger partial charge in [0.2, 0.25) is 5.91 Å². The zero-order chi connectivity index (χ0) is 20.9. The summed E-state index contributed by atoms with van der Waals surface area (Å²) in [5.41, 5.74) is 0.638. The van der Waals surface area contributed by atoms with E-state index in [1.54, 1.807) is 11.0 Å². The first-order chi connectivity index (χ1) is 14.6. The minimum absolute atomic E-state index is 0.0488. The molecule has 3 aromatic rings. The lowest BCUT2D eigenvalue weighted by atomic mass is 10.3. The number of anilines is 3. The third-order valence-corrected chi connectivity index (χ3v) is 4.82. The highest BCUT2D eigenvalue weighted by Gasteiger charge is 2.22. The van der Waals surface area contributed by atoms with Gasteiger partial charge in [-0.25, -0.2) is 9.67 Å². The summed E-state index contributed by atoms with van der Waals surface area (Å²) in [7, 11) is 0. The number of hydrogen-bond donors (Lipinski definition) is 1. The molecule has 154 valence electrons. The molecule has 0 saturated carbocycles. The summed E-state index contributed by atoms with van der Waals surface area (Å²) in [4.78, 5) is 32.4. The Morgan fingerprint density at radius 3 is 2.53 bits per heavy atom. The Balaban J connectivity index is 1.32. The van der Waals surface area contributed by atoms with Crippen LogP contribution in [0.3, 0.4) is 0 Å². The molecule has 4 rings (SSSR count). The van der Waals surface area contributed by atoms with E-state index in [0.717, 1.165) is 17.3 Å². The van der Waals surface area contributed by atoms with Crippen molar-refractivity contribution in [3.8, 4) is 0 Å². The molecule has 0 spiro atoms. The monoisotopic (exact) mass is 406 g/mol. The van der Waals surface area contributed by atoms with Crippen molar-refractivity contribution in [1.29, 1.82) is 0 Å². The van der Waals surface area contributed by atoms with Crippen molar-refractivity contribution in [1.82, 2.24) is 29.9 Å². The molecule has 1 aliphatic rings. The number of hydrogen-bond acceptors (Lipinski definition) is 8. The number of rotatable bonds is 5. The van der Waals surface area contributed by atoms with Crippen molar-refractivity contribution < 1.29 is 4.79 Å². The second kappa shape index (κ2) is 8.68. The number of carbonyl (C=O) groups excluding carboxylic acids is 1. The largest absolute Gasteiger partial charge is 0.352 e. The summed E-state index contributed by atoms with van der Waals surface area (Å²) in [5.74, 6) is 1.97. The summed E-state index contributed by atoms with van der Waals surface area (Å²) in [6.45, 7) is 4.27. The number of aryl methyl sites for hydroxylation is 1. The average molecular weight is 406 g/mol. The fourth-order valence-electron chi connectivity index (χ4n) is 3.22. The molecule has 30 heavy (non-hydrogen) atoms. The van der Waals surface area contributed by atoms with Crippen molar-refractivity contribution >= 4 is 23.4 Å². The molecule has 0 bridgehead atoms. The van der Waals surface area contributed by atoms with Crippen LogP contribution in [0.4, 0.5) is 17.5 Å². The first-order valence-electron chi connectivity index (χ1n) is 9.68. The first-order valence-corrected chi connectivity index (χ1v) is 9.68. The van der Waals surface area contributed by atoms with Gasteiger partial charge >= 0.3 is 0 Å². The van der Waals surface area contributed by atoms with Gasteiger partial charge in [-0.15, -0.1) is 10.2 Å². The molecule has 1 saturated heterocycles. The quantitative estimate of drug-likeness (QED) is 0.664. The summed E-state index contributed by atoms with van der Waals surface area (Å²) >= 11 is 0. The van der Waals surface area contributed by atoms with Crippen LogP contribution in [-0.4, -0.2) is 61.9 Å². The van der Waals surface area contributed by atoms with Crippen molar-refractivity contribution in [3.05, 3.63) is 64.7 Å². The molecule has 0 radical (unpaired) electrons. The standard InChI is InChI=1S/C20H22N8O2/c1-15-4-2-5-16(22-15)23-17-7-8-18(25-24-17)26-10-12-27(13-11-26)20(30)14-28-19(29)6-3-9-21-28/h2-9H,10-14H2,1H3,(H,22,23,24). The maximum Gasteiger partial charge on any atom is 0.267 e. The summed E-state index contributed by atoms with van der Waals surface area (Å²) in [6.07, 6.45) is 1.50. The summed E-state index contributed by atoms with van der Waals surface area (Å²) in [5, 5.41) is 15.6. The van der Waals surface area contributed by atoms with Gasteiger partial charge in [-0.1, -0.05) is 6.07 Å². The topological polar surface area (TPSA) is 109 Å². The van der Waals surface area contributed by atoms with Crippen LogP contribution in [0.5, 0.6) is 0 Å². The number of amides is 1. The van der Waals surface area contributed by atoms with Gasteiger partial charge < -0.3 is 15.1 Å². The number of carbonyl (C=O) groups is 1. The van der Waals surface area contributed by atoms with Gasteiger partial charge in [0.25, 0.3) is 5.56 Å². The molecule has 0 unspecified atom stereocenters. The Hall–Kier alpha value is -3.82. The molecule has 1 amide bonds. The zero-order valence-corrected chi connectivity index (χ0v) is 16.6. The van der Waals surface area contributed by atoms with Gasteiger partial charge in [-0.3, -0.25) is 9.59 Å². The second-order valence-corrected chi connectivity index (χ2v) is 6.95. The minimum Gasteiger partial charge on any atom is -0.352 e. The summed E-state index contributed by atoms with van der Waals surface area (Å²) < 4.78 is 1.18. The van der Waals surface area contributed by atoms with Gasteiger partial charge in [-0.2, -0.15) is 5.10 Å². The van der Waals surface area contributed by atoms with Gasteiger partial charge in [0.1, 0.15) is 12.4 Å². The number of piperazine rings is 1. The maximum atomic E-state index is 12.5. The molecular formula is C20H22N8O2. The molecule has 3 aromatic heterocycles. The fraction of sp³-hybridized carbons (Fsp3) is 0.300. The van der Waals surface area contributed by atoms with Crippen LogP contribution in [0, 0.1) is 6.92 Å². The van der Waals surface area contributed by atoms with E-state index in [2.05, 4.69) is 30.5 Å². The Morgan fingerprint density at radius 1 is 1.00 bits per heavy atom. The summed E-state index contributed by atoms with van der Waals surface area (Å²) in [6, 6.07) is 12.4. The normalized spacial score (nSPS) is 13.9. The lowest BCUT2D eigenvalue weighted by Gasteiger charge is -2.35. The van der Waals surface area contributed by atoms with E-state index in [9.17, 15) is 9.59 Å². The van der Waals surface area contributed by atoms with Crippen LogP contribution >= 0.6 is 0 Å². The molecular weight excluding hydrogens is 384 g/mol. The molecule has 0 aromatic carbocycles. The van der Waals surface area contributed by atoms with E-state index >= 15 is 0 Å². The van der Waals surface area contributed by atoms with E-state index < -0.39 is 0 Å². The van der Waals surface area contributed by atoms with Crippen LogP contribution in [0.25, 0.3) is 0 Å². The zero-order valence-electron chi connectivity index (χ0n) is 16.6. The molecule has 10 nitrogen and oxygen atoms in total. The molecule has 1 N–H and O–H groups in total. The van der Waals surface area contributed by atoms with Crippen LogP contribution in [0.15, 0.2) is 53.5 Å². The van der Waals surface area contributed by atoms with E-state index in [-0.39, 0.29) is 18.0 Å². The fourth-order valence-corrected chi connectivity index (χ4v) is 3.22. The SMILES string of the molecule is Cc1cccc(Nc2ccc(N3CCN(C(=O)Cn4ncccc4=O)CC3)nn2)n1. The Bertz CT molecular complexity index is 1070. The van der Waals surface area contributed by atoms with Gasteiger partial charge in [0, 0.05) is 44.1 Å². The molecule has 0 atom stereocenters. The molecule has 10 heteroatoms. The highest BCUT2D eigenvalue weighted by atomic mass is 16.2. The number of pyridine rings is 1. The lowest BCUT2D eigenvalue weighted by molar-refractivity contribution is -0.132. The van der Waals surface area contributed by atoms with E-state index in [0.29, 0.717) is 32.0 Å². The van der Waals surface area contributed by atoms with Gasteiger partial charge in [0.05, 0.1) is 0 Å². The molecule has 1 aliphatic heterocycles. The second-order valence-electron chi connectivity index (χ2n) is 6.95. The first kappa shape index (κ1) is 19.5. The Morgan fingerprint density at radius 2 is 1.83 bits per heavy atom. The van der Waals surface area contributed by atoms with Crippen molar-refractivity contribution in [3.63, 3.8) is 0 Å². The van der Waals surface area contributed by atoms with Crippen LogP contribution in [0.1, 0.15) is 5.69 Å². The lowest BCUT2D eigenvalue weighted by Crippen LogP contribution is -2.50. The van der Waals surface area contributed by atoms with Gasteiger partial charge in [0.15, 0.2) is 11.6 Å². The smallest absolute Gasteiger partial charge is 0.267 e. The number of nitrogens with one attached hydrogen (secondary N) is 1. The Kier molecular flexibility index (Phi) is 5.64. The Labute approximate surface area is 173 Å². The molecule has 1 fully saturated rings.